The van der Waals surface area contributed by atoms with E-state index in [9.17, 15) is 0 Å². The summed E-state index contributed by atoms with van der Waals surface area (Å²) < 4.78 is 5.99. The number of ether oxygens (including phenoxy) is 1. The first kappa shape index (κ1) is 9.57. The summed E-state index contributed by atoms with van der Waals surface area (Å²) in [5, 5.41) is 0. The molecular weight excluding hydrogens is 172 g/mol. The lowest BCUT2D eigenvalue weighted by Gasteiger charge is -2.15. The summed E-state index contributed by atoms with van der Waals surface area (Å²) in [4.78, 5) is 0. The van der Waals surface area contributed by atoms with E-state index in [-0.39, 0.29) is 0 Å². The van der Waals surface area contributed by atoms with Gasteiger partial charge in [-0.25, -0.2) is 0 Å². The Hall–Kier alpha value is -0.980. The molecule has 0 bridgehead atoms. The van der Waals surface area contributed by atoms with Gasteiger partial charge in [0.1, 0.15) is 5.75 Å². The maximum atomic E-state index is 5.99. The van der Waals surface area contributed by atoms with Gasteiger partial charge >= 0.3 is 0 Å². The van der Waals surface area contributed by atoms with Crippen LogP contribution < -0.4 is 4.74 Å². The third-order valence-electron chi connectivity index (χ3n) is 3.15. The van der Waals surface area contributed by atoms with Gasteiger partial charge in [0.25, 0.3) is 0 Å². The van der Waals surface area contributed by atoms with Crippen LogP contribution in [0.5, 0.6) is 5.75 Å². The number of hydrogen-bond acceptors (Lipinski definition) is 1. The van der Waals surface area contributed by atoms with Crippen LogP contribution >= 0.6 is 0 Å². The molecule has 0 saturated heterocycles. The predicted octanol–water partition coefficient (Wildman–Crippen LogP) is 3.62. The van der Waals surface area contributed by atoms with Gasteiger partial charge in [-0.15, -0.1) is 0 Å². The second kappa shape index (κ2) is 4.04. The number of aryl methyl sites for hydroxylation is 1. The van der Waals surface area contributed by atoms with Crippen molar-refractivity contribution in [1.29, 1.82) is 0 Å². The van der Waals surface area contributed by atoms with Crippen LogP contribution in [0.3, 0.4) is 0 Å². The van der Waals surface area contributed by atoms with Crippen molar-refractivity contribution in [2.24, 2.45) is 0 Å². The number of benzene rings is 1. The molecule has 1 heteroatoms. The summed E-state index contributed by atoms with van der Waals surface area (Å²) in [6.45, 7) is 4.27. The van der Waals surface area contributed by atoms with Gasteiger partial charge in [0.2, 0.25) is 0 Å². The molecular formula is C13H18O. The van der Waals surface area contributed by atoms with Crippen LogP contribution in [-0.2, 0) is 0 Å². The summed E-state index contributed by atoms with van der Waals surface area (Å²) >= 11 is 0. The van der Waals surface area contributed by atoms with E-state index in [2.05, 4.69) is 32.0 Å². The van der Waals surface area contributed by atoms with Crippen molar-refractivity contribution in [3.8, 4) is 5.75 Å². The van der Waals surface area contributed by atoms with E-state index in [0.717, 1.165) is 5.75 Å². The SMILES string of the molecule is Cc1cccc(OC2CCCC2)c1C. The van der Waals surface area contributed by atoms with E-state index in [1.165, 1.54) is 36.8 Å². The highest BCUT2D eigenvalue weighted by atomic mass is 16.5. The quantitative estimate of drug-likeness (QED) is 0.692. The highest BCUT2D eigenvalue weighted by Crippen LogP contribution is 2.27. The average Bonchev–Trinajstić information content (AvgIpc) is 2.66. The lowest BCUT2D eigenvalue weighted by atomic mass is 10.1. The van der Waals surface area contributed by atoms with Crippen LogP contribution in [0.2, 0.25) is 0 Å². The van der Waals surface area contributed by atoms with Crippen molar-refractivity contribution in [2.75, 3.05) is 0 Å². The molecule has 14 heavy (non-hydrogen) atoms. The van der Waals surface area contributed by atoms with Crippen LogP contribution in [0, 0.1) is 13.8 Å². The van der Waals surface area contributed by atoms with Gasteiger partial charge in [-0.2, -0.15) is 0 Å². The maximum Gasteiger partial charge on any atom is 0.122 e. The first-order valence-corrected chi connectivity index (χ1v) is 5.50. The number of hydrogen-bond donors (Lipinski definition) is 0. The Morgan fingerprint density at radius 2 is 1.86 bits per heavy atom. The van der Waals surface area contributed by atoms with Crippen molar-refractivity contribution in [3.05, 3.63) is 29.3 Å². The summed E-state index contributed by atoms with van der Waals surface area (Å²) in [5.74, 6) is 1.08. The van der Waals surface area contributed by atoms with Gasteiger partial charge in [0.15, 0.2) is 0 Å². The fourth-order valence-corrected chi connectivity index (χ4v) is 2.04. The van der Waals surface area contributed by atoms with Gasteiger partial charge in [-0.3, -0.25) is 0 Å². The molecule has 1 saturated carbocycles. The van der Waals surface area contributed by atoms with Crippen LogP contribution in [-0.4, -0.2) is 6.10 Å². The van der Waals surface area contributed by atoms with E-state index in [1.807, 2.05) is 0 Å². The molecule has 0 aromatic heterocycles. The topological polar surface area (TPSA) is 9.23 Å². The molecule has 2 rings (SSSR count). The Balaban J connectivity index is 2.11. The Kier molecular flexibility index (Phi) is 2.76. The first-order chi connectivity index (χ1) is 6.77. The molecule has 0 atom stereocenters. The molecule has 0 amide bonds. The molecule has 0 radical (unpaired) electrons. The van der Waals surface area contributed by atoms with E-state index >= 15 is 0 Å². The highest BCUT2D eigenvalue weighted by molar-refractivity contribution is 5.38. The van der Waals surface area contributed by atoms with Gasteiger partial charge < -0.3 is 4.74 Å². The van der Waals surface area contributed by atoms with Crippen molar-refractivity contribution in [2.45, 2.75) is 45.6 Å². The standard InChI is InChI=1S/C13H18O/c1-10-6-5-9-13(11(10)2)14-12-7-3-4-8-12/h5-6,9,12H,3-4,7-8H2,1-2H3. The highest BCUT2D eigenvalue weighted by Gasteiger charge is 2.17. The summed E-state index contributed by atoms with van der Waals surface area (Å²) in [6.07, 6.45) is 5.58. The second-order valence-electron chi connectivity index (χ2n) is 4.22. The molecule has 1 aromatic rings. The Morgan fingerprint density at radius 1 is 1.14 bits per heavy atom. The van der Waals surface area contributed by atoms with E-state index < -0.39 is 0 Å². The van der Waals surface area contributed by atoms with E-state index in [1.54, 1.807) is 0 Å². The van der Waals surface area contributed by atoms with Gasteiger partial charge in [-0.05, 0) is 56.7 Å². The van der Waals surface area contributed by atoms with Crippen LogP contribution in [0.25, 0.3) is 0 Å². The molecule has 1 aromatic carbocycles. The predicted molar refractivity (Wildman–Crippen MR) is 58.8 cm³/mol. The zero-order valence-electron chi connectivity index (χ0n) is 9.05. The summed E-state index contributed by atoms with van der Waals surface area (Å²) in [7, 11) is 0. The molecule has 0 spiro atoms. The summed E-state index contributed by atoms with van der Waals surface area (Å²) in [5.41, 5.74) is 2.61. The Bertz CT molecular complexity index is 311. The van der Waals surface area contributed by atoms with Crippen molar-refractivity contribution >= 4 is 0 Å². The van der Waals surface area contributed by atoms with Crippen molar-refractivity contribution in [1.82, 2.24) is 0 Å². The minimum Gasteiger partial charge on any atom is -0.490 e. The number of rotatable bonds is 2. The molecule has 0 aliphatic heterocycles. The molecule has 0 unspecified atom stereocenters. The third kappa shape index (κ3) is 1.92. The third-order valence-corrected chi connectivity index (χ3v) is 3.15. The van der Waals surface area contributed by atoms with Crippen molar-refractivity contribution < 1.29 is 4.74 Å². The monoisotopic (exact) mass is 190 g/mol. The van der Waals surface area contributed by atoms with Crippen molar-refractivity contribution in [3.63, 3.8) is 0 Å². The zero-order valence-corrected chi connectivity index (χ0v) is 9.05. The summed E-state index contributed by atoms with van der Waals surface area (Å²) in [6, 6.07) is 6.30. The maximum absolute atomic E-state index is 5.99. The van der Waals surface area contributed by atoms with Crippen LogP contribution in [0.4, 0.5) is 0 Å². The normalized spacial score (nSPS) is 17.3. The van der Waals surface area contributed by atoms with Gasteiger partial charge in [-0.1, -0.05) is 12.1 Å². The van der Waals surface area contributed by atoms with Gasteiger partial charge in [0, 0.05) is 0 Å². The smallest absolute Gasteiger partial charge is 0.122 e. The largest absolute Gasteiger partial charge is 0.490 e. The Labute approximate surface area is 86.1 Å². The van der Waals surface area contributed by atoms with E-state index in [0.29, 0.717) is 6.10 Å². The van der Waals surface area contributed by atoms with Gasteiger partial charge in [0.05, 0.1) is 6.10 Å². The minimum absolute atomic E-state index is 0.468. The van der Waals surface area contributed by atoms with Crippen LogP contribution in [0.1, 0.15) is 36.8 Å². The molecule has 0 N–H and O–H groups in total. The molecule has 1 aliphatic carbocycles. The zero-order chi connectivity index (χ0) is 9.97. The Morgan fingerprint density at radius 3 is 2.57 bits per heavy atom. The average molecular weight is 190 g/mol. The molecule has 76 valence electrons. The second-order valence-corrected chi connectivity index (χ2v) is 4.22. The van der Waals surface area contributed by atoms with Crippen LogP contribution in [0.15, 0.2) is 18.2 Å². The minimum atomic E-state index is 0.468. The van der Waals surface area contributed by atoms with E-state index in [4.69, 9.17) is 4.74 Å². The molecule has 1 nitrogen and oxygen atoms in total. The molecule has 1 fully saturated rings. The molecule has 0 heterocycles. The molecule has 1 aliphatic rings. The first-order valence-electron chi connectivity index (χ1n) is 5.50. The fourth-order valence-electron chi connectivity index (χ4n) is 2.04. The lowest BCUT2D eigenvalue weighted by Crippen LogP contribution is -2.11. The lowest BCUT2D eigenvalue weighted by molar-refractivity contribution is 0.208. The fraction of sp³-hybridized carbons (Fsp3) is 0.538.